The summed E-state index contributed by atoms with van der Waals surface area (Å²) in [6, 6.07) is 1.92. The molecule has 2 atom stereocenters. The minimum atomic E-state index is -4.65. The lowest BCUT2D eigenvalue weighted by molar-refractivity contribution is -0.138. The van der Waals surface area contributed by atoms with Crippen molar-refractivity contribution < 1.29 is 31.1 Å². The molecule has 1 aromatic heterocycles. The van der Waals surface area contributed by atoms with Crippen molar-refractivity contribution in [3.8, 4) is 0 Å². The average Bonchev–Trinajstić information content (AvgIpc) is 3.33. The molecule has 4 rings (SSSR count). The van der Waals surface area contributed by atoms with E-state index in [0.717, 1.165) is 11.0 Å². The van der Waals surface area contributed by atoms with Crippen LogP contribution in [0.15, 0.2) is 35.7 Å². The van der Waals surface area contributed by atoms with E-state index < -0.39 is 54.0 Å². The van der Waals surface area contributed by atoms with Crippen molar-refractivity contribution in [3.05, 3.63) is 47.5 Å². The summed E-state index contributed by atoms with van der Waals surface area (Å²) in [7, 11) is 0. The van der Waals surface area contributed by atoms with E-state index in [1.165, 1.54) is 23.5 Å². The zero-order chi connectivity index (χ0) is 24.7. The lowest BCUT2D eigenvalue weighted by Gasteiger charge is -2.29. The number of carbonyl (C=O) groups excluding carboxylic acids is 1. The molecule has 2 aromatic rings. The molecule has 0 aliphatic carbocycles. The molecule has 2 aliphatic rings. The first kappa shape index (κ1) is 23.7. The van der Waals surface area contributed by atoms with Gasteiger partial charge in [-0.1, -0.05) is 6.07 Å². The van der Waals surface area contributed by atoms with Gasteiger partial charge in [-0.15, -0.1) is 0 Å². The van der Waals surface area contributed by atoms with Crippen molar-refractivity contribution in [1.82, 2.24) is 20.3 Å². The zero-order valence-electron chi connectivity index (χ0n) is 17.7. The van der Waals surface area contributed by atoms with E-state index >= 15 is 0 Å². The van der Waals surface area contributed by atoms with Gasteiger partial charge in [-0.25, -0.2) is 28.6 Å². The standard InChI is InChI=1S/C20H19F6N7O/c1-11-7-30-33(31-11)14-4-2-3-13(21)16(14)17(34)32-6-5-19(22,23)15(32)10-29-18-27-8-12(9-28-18)20(24,25)26/h2-4,7-9,11,15,31H,5-6,10H2,1H3,(H,27,28,29). The van der Waals surface area contributed by atoms with Gasteiger partial charge in [-0.05, 0) is 19.1 Å². The minimum absolute atomic E-state index is 0.0543. The first-order chi connectivity index (χ1) is 16.0. The number of hydrazine groups is 1. The average molecular weight is 487 g/mol. The highest BCUT2D eigenvalue weighted by Gasteiger charge is 2.51. The number of likely N-dealkylation sites (tertiary alicyclic amines) is 1. The van der Waals surface area contributed by atoms with E-state index in [1.807, 2.05) is 0 Å². The molecule has 34 heavy (non-hydrogen) atoms. The minimum Gasteiger partial charge on any atom is -0.352 e. The summed E-state index contributed by atoms with van der Waals surface area (Å²) in [5, 5.41) is 7.69. The Hall–Kier alpha value is -3.42. The first-order valence-corrected chi connectivity index (χ1v) is 10.2. The number of aromatic nitrogens is 2. The Kier molecular flexibility index (Phi) is 6.10. The fraction of sp³-hybridized carbons (Fsp3) is 0.400. The molecule has 3 heterocycles. The maximum atomic E-state index is 14.7. The molecule has 2 unspecified atom stereocenters. The van der Waals surface area contributed by atoms with Crippen LogP contribution in [0.2, 0.25) is 0 Å². The maximum Gasteiger partial charge on any atom is 0.419 e. The summed E-state index contributed by atoms with van der Waals surface area (Å²) in [5.41, 5.74) is 1.41. The summed E-state index contributed by atoms with van der Waals surface area (Å²) >= 11 is 0. The van der Waals surface area contributed by atoms with E-state index in [9.17, 15) is 31.1 Å². The normalized spacial score (nSPS) is 21.9. The van der Waals surface area contributed by atoms with Crippen molar-refractivity contribution >= 4 is 23.8 Å². The Morgan fingerprint density at radius 3 is 2.59 bits per heavy atom. The lowest BCUT2D eigenvalue weighted by atomic mass is 10.1. The van der Waals surface area contributed by atoms with Crippen LogP contribution in [-0.4, -0.2) is 58.1 Å². The summed E-state index contributed by atoms with van der Waals surface area (Å²) in [6.45, 7) is 0.855. The van der Waals surface area contributed by atoms with Crippen molar-refractivity contribution in [1.29, 1.82) is 0 Å². The summed E-state index contributed by atoms with van der Waals surface area (Å²) in [5.74, 6) is -5.54. The third-order valence-corrected chi connectivity index (χ3v) is 5.41. The zero-order valence-corrected chi connectivity index (χ0v) is 17.7. The quantitative estimate of drug-likeness (QED) is 0.630. The molecule has 0 radical (unpaired) electrons. The van der Waals surface area contributed by atoms with Crippen LogP contribution in [0, 0.1) is 5.82 Å². The van der Waals surface area contributed by atoms with E-state index in [2.05, 4.69) is 25.8 Å². The van der Waals surface area contributed by atoms with Gasteiger partial charge in [-0.2, -0.15) is 23.4 Å². The van der Waals surface area contributed by atoms with Crippen LogP contribution in [-0.2, 0) is 6.18 Å². The monoisotopic (exact) mass is 487 g/mol. The molecule has 0 bridgehead atoms. The van der Waals surface area contributed by atoms with E-state index in [-0.39, 0.29) is 24.2 Å². The Balaban J connectivity index is 1.56. The van der Waals surface area contributed by atoms with Crippen LogP contribution >= 0.6 is 0 Å². The Morgan fingerprint density at radius 2 is 1.97 bits per heavy atom. The molecular formula is C20H19F6N7O. The number of hydrogen-bond acceptors (Lipinski definition) is 7. The van der Waals surface area contributed by atoms with Gasteiger partial charge in [0.25, 0.3) is 11.8 Å². The number of amides is 1. The van der Waals surface area contributed by atoms with Gasteiger partial charge in [0.2, 0.25) is 5.95 Å². The number of nitrogens with zero attached hydrogens (tertiary/aromatic N) is 5. The number of hydrazone groups is 1. The second kappa shape index (κ2) is 8.74. The predicted molar refractivity (Wildman–Crippen MR) is 110 cm³/mol. The van der Waals surface area contributed by atoms with Crippen molar-refractivity contribution in [3.63, 3.8) is 0 Å². The van der Waals surface area contributed by atoms with E-state index in [0.29, 0.717) is 12.4 Å². The molecule has 1 saturated heterocycles. The third kappa shape index (κ3) is 4.62. The second-order valence-electron chi connectivity index (χ2n) is 7.83. The predicted octanol–water partition coefficient (Wildman–Crippen LogP) is 3.30. The maximum absolute atomic E-state index is 14.7. The van der Waals surface area contributed by atoms with Crippen LogP contribution < -0.4 is 15.9 Å². The highest BCUT2D eigenvalue weighted by Crippen LogP contribution is 2.37. The molecule has 0 saturated carbocycles. The number of halogens is 6. The van der Waals surface area contributed by atoms with Crippen molar-refractivity contribution in [2.24, 2.45) is 5.10 Å². The van der Waals surface area contributed by atoms with Gasteiger partial charge >= 0.3 is 6.18 Å². The number of alkyl halides is 5. The largest absolute Gasteiger partial charge is 0.419 e. The highest BCUT2D eigenvalue weighted by molar-refractivity contribution is 6.00. The van der Waals surface area contributed by atoms with Crippen LogP contribution in [0.5, 0.6) is 0 Å². The molecular weight excluding hydrogens is 468 g/mol. The fourth-order valence-corrected chi connectivity index (χ4v) is 3.68. The molecule has 1 fully saturated rings. The third-order valence-electron chi connectivity index (χ3n) is 5.41. The molecule has 2 N–H and O–H groups in total. The molecule has 1 amide bonds. The van der Waals surface area contributed by atoms with Crippen LogP contribution in [0.1, 0.15) is 29.3 Å². The topological polar surface area (TPSA) is 85.8 Å². The van der Waals surface area contributed by atoms with Crippen molar-refractivity contribution in [2.45, 2.75) is 37.5 Å². The van der Waals surface area contributed by atoms with Gasteiger partial charge in [0, 0.05) is 38.1 Å². The second-order valence-corrected chi connectivity index (χ2v) is 7.83. The SMILES string of the molecule is CC1C=NN(c2cccc(F)c2C(=O)N2CCC(F)(F)C2CNc2ncc(C(F)(F)F)cn2)N1. The van der Waals surface area contributed by atoms with Gasteiger partial charge in [0.05, 0.1) is 17.3 Å². The number of hydrogen-bond donors (Lipinski definition) is 2. The summed E-state index contributed by atoms with van der Waals surface area (Å²) < 4.78 is 82.0. The molecule has 14 heteroatoms. The van der Waals surface area contributed by atoms with Crippen LogP contribution in [0.3, 0.4) is 0 Å². The molecule has 1 aromatic carbocycles. The van der Waals surface area contributed by atoms with E-state index in [1.54, 1.807) is 6.92 Å². The Labute approximate surface area is 189 Å². The number of carbonyl (C=O) groups is 1. The Morgan fingerprint density at radius 1 is 1.26 bits per heavy atom. The molecule has 0 spiro atoms. The number of anilines is 2. The lowest BCUT2D eigenvalue weighted by Crippen LogP contribution is -2.47. The highest BCUT2D eigenvalue weighted by atomic mass is 19.4. The molecule has 182 valence electrons. The summed E-state index contributed by atoms with van der Waals surface area (Å²) in [6.07, 6.45) is -2.76. The number of rotatable bonds is 5. The summed E-state index contributed by atoms with van der Waals surface area (Å²) in [4.78, 5) is 21.1. The van der Waals surface area contributed by atoms with Gasteiger partial charge in [-0.3, -0.25) is 4.79 Å². The Bertz CT molecular complexity index is 1090. The van der Waals surface area contributed by atoms with Crippen LogP contribution in [0.25, 0.3) is 0 Å². The molecule has 8 nitrogen and oxygen atoms in total. The molecule has 2 aliphatic heterocycles. The van der Waals surface area contributed by atoms with Gasteiger partial charge < -0.3 is 10.2 Å². The first-order valence-electron chi connectivity index (χ1n) is 10.2. The number of nitrogens with one attached hydrogen (secondary N) is 2. The van der Waals surface area contributed by atoms with E-state index in [4.69, 9.17) is 0 Å². The van der Waals surface area contributed by atoms with Gasteiger partial charge in [0.15, 0.2) is 0 Å². The fourth-order valence-electron chi connectivity index (χ4n) is 3.68. The van der Waals surface area contributed by atoms with Crippen molar-refractivity contribution in [2.75, 3.05) is 23.5 Å². The number of benzene rings is 1. The van der Waals surface area contributed by atoms with Gasteiger partial charge in [0.1, 0.15) is 17.4 Å². The van der Waals surface area contributed by atoms with Crippen LogP contribution in [0.4, 0.5) is 38.0 Å². The smallest absolute Gasteiger partial charge is 0.352 e.